The number of nitrogens with zero attached hydrogens (tertiary/aromatic N) is 3. The Morgan fingerprint density at radius 3 is 2.14 bits per heavy atom. The summed E-state index contributed by atoms with van der Waals surface area (Å²) in [5, 5.41) is 0. The molecule has 4 nitrogen and oxygen atoms in total. The molecule has 1 amide bonds. The van der Waals surface area contributed by atoms with E-state index in [0.29, 0.717) is 11.8 Å². The Balaban J connectivity index is 1.54. The third-order valence-corrected chi connectivity index (χ3v) is 4.93. The monoisotopic (exact) mass is 301 g/mol. The van der Waals surface area contributed by atoms with Gasteiger partial charge >= 0.3 is 0 Å². The lowest BCUT2D eigenvalue weighted by molar-refractivity contribution is -0.140. The van der Waals surface area contributed by atoms with Crippen LogP contribution in [0.1, 0.15) is 25.3 Å². The van der Waals surface area contributed by atoms with Gasteiger partial charge in [-0.15, -0.1) is 0 Å². The van der Waals surface area contributed by atoms with Crippen LogP contribution in [0.15, 0.2) is 24.3 Å². The third-order valence-electron chi connectivity index (χ3n) is 4.93. The number of carbonyl (C=O) groups is 1. The van der Waals surface area contributed by atoms with Crippen LogP contribution in [0.4, 0.5) is 5.69 Å². The molecule has 0 aliphatic carbocycles. The van der Waals surface area contributed by atoms with Gasteiger partial charge in [-0.2, -0.15) is 0 Å². The zero-order chi connectivity index (χ0) is 15.7. The maximum atomic E-state index is 12.4. The van der Waals surface area contributed by atoms with Crippen LogP contribution in [0.25, 0.3) is 0 Å². The molecule has 2 saturated heterocycles. The van der Waals surface area contributed by atoms with Crippen molar-refractivity contribution >= 4 is 11.6 Å². The zero-order valence-corrected chi connectivity index (χ0v) is 14.0. The number of anilines is 1. The number of hydrogen-bond donors (Lipinski definition) is 0. The molecule has 1 aromatic rings. The minimum absolute atomic E-state index is 0.238. The first kappa shape index (κ1) is 15.3. The zero-order valence-electron chi connectivity index (χ0n) is 14.0. The molecule has 0 atom stereocenters. The molecule has 3 rings (SSSR count). The van der Waals surface area contributed by atoms with Crippen LogP contribution in [-0.2, 0) is 4.79 Å². The molecule has 0 radical (unpaired) electrons. The first-order chi connectivity index (χ1) is 10.5. The van der Waals surface area contributed by atoms with Crippen molar-refractivity contribution in [2.24, 2.45) is 5.92 Å². The lowest BCUT2D eigenvalue weighted by Crippen LogP contribution is -2.56. The van der Waals surface area contributed by atoms with E-state index >= 15 is 0 Å². The van der Waals surface area contributed by atoms with E-state index in [4.69, 9.17) is 0 Å². The molecule has 0 unspecified atom stereocenters. The van der Waals surface area contributed by atoms with Crippen molar-refractivity contribution in [3.63, 3.8) is 0 Å². The lowest BCUT2D eigenvalue weighted by atomic mass is 9.99. The third kappa shape index (κ3) is 3.12. The average molecular weight is 301 g/mol. The Bertz CT molecular complexity index is 512. The van der Waals surface area contributed by atoms with Crippen LogP contribution in [-0.4, -0.2) is 62.0 Å². The summed E-state index contributed by atoms with van der Waals surface area (Å²) in [6.07, 6.45) is 0. The fourth-order valence-corrected chi connectivity index (χ4v) is 3.37. The molecule has 0 N–H and O–H groups in total. The van der Waals surface area contributed by atoms with Crippen LogP contribution < -0.4 is 4.90 Å². The highest BCUT2D eigenvalue weighted by atomic mass is 16.2. The van der Waals surface area contributed by atoms with Crippen molar-refractivity contribution in [1.82, 2.24) is 9.80 Å². The van der Waals surface area contributed by atoms with E-state index in [1.54, 1.807) is 0 Å². The Kier molecular flexibility index (Phi) is 4.39. The maximum Gasteiger partial charge on any atom is 0.228 e. The van der Waals surface area contributed by atoms with Gasteiger partial charge in [0.05, 0.1) is 5.92 Å². The normalized spacial score (nSPS) is 20.4. The molecule has 1 aromatic carbocycles. The molecule has 0 aromatic heterocycles. The largest absolute Gasteiger partial charge is 0.368 e. The minimum Gasteiger partial charge on any atom is -0.368 e. The lowest BCUT2D eigenvalue weighted by Gasteiger charge is -2.42. The Hall–Kier alpha value is -1.55. The number of amides is 1. The molecule has 2 aliphatic heterocycles. The van der Waals surface area contributed by atoms with Gasteiger partial charge in [-0.3, -0.25) is 4.79 Å². The number of piperazine rings is 1. The number of likely N-dealkylation sites (tertiary alicyclic amines) is 1. The van der Waals surface area contributed by atoms with Crippen molar-refractivity contribution in [1.29, 1.82) is 0 Å². The fourth-order valence-electron chi connectivity index (χ4n) is 3.37. The van der Waals surface area contributed by atoms with E-state index in [1.165, 1.54) is 11.3 Å². The summed E-state index contributed by atoms with van der Waals surface area (Å²) in [5.74, 6) is 1.17. The highest BCUT2D eigenvalue weighted by Crippen LogP contribution is 2.22. The maximum absolute atomic E-state index is 12.4. The van der Waals surface area contributed by atoms with Crippen LogP contribution in [0, 0.1) is 5.92 Å². The van der Waals surface area contributed by atoms with Crippen molar-refractivity contribution in [3.8, 4) is 0 Å². The summed E-state index contributed by atoms with van der Waals surface area (Å²) in [4.78, 5) is 19.0. The van der Waals surface area contributed by atoms with Crippen LogP contribution >= 0.6 is 0 Å². The Labute approximate surface area is 133 Å². The van der Waals surface area contributed by atoms with Crippen molar-refractivity contribution in [2.75, 3.05) is 51.2 Å². The minimum atomic E-state index is 0.238. The molecule has 2 aliphatic rings. The number of carbonyl (C=O) groups excluding carboxylic acids is 1. The summed E-state index contributed by atoms with van der Waals surface area (Å²) in [6.45, 7) is 9.88. The topological polar surface area (TPSA) is 26.8 Å². The van der Waals surface area contributed by atoms with Crippen molar-refractivity contribution in [3.05, 3.63) is 29.8 Å². The molecule has 4 heteroatoms. The summed E-state index contributed by atoms with van der Waals surface area (Å²) in [6, 6.07) is 8.88. The second-order valence-corrected chi connectivity index (χ2v) is 6.98. The summed E-state index contributed by atoms with van der Waals surface area (Å²) < 4.78 is 0. The number of benzene rings is 1. The van der Waals surface area contributed by atoms with E-state index in [-0.39, 0.29) is 5.92 Å². The number of rotatable bonds is 3. The predicted octanol–water partition coefficient (Wildman–Crippen LogP) is 2.02. The van der Waals surface area contributed by atoms with Gasteiger partial charge < -0.3 is 14.7 Å². The summed E-state index contributed by atoms with van der Waals surface area (Å²) >= 11 is 0. The SMILES string of the molecule is CC(C)c1ccc(N2CCN(C(=O)C3CN(C)C3)CC2)cc1. The van der Waals surface area contributed by atoms with E-state index < -0.39 is 0 Å². The van der Waals surface area contributed by atoms with E-state index in [2.05, 4.69) is 59.9 Å². The quantitative estimate of drug-likeness (QED) is 0.854. The van der Waals surface area contributed by atoms with Crippen LogP contribution in [0.2, 0.25) is 0 Å². The van der Waals surface area contributed by atoms with E-state index in [1.807, 2.05) is 0 Å². The molecule has 0 spiro atoms. The molecule has 120 valence electrons. The number of hydrogen-bond acceptors (Lipinski definition) is 3. The van der Waals surface area contributed by atoms with Gasteiger partial charge in [-0.25, -0.2) is 0 Å². The summed E-state index contributed by atoms with van der Waals surface area (Å²) in [5.41, 5.74) is 2.66. The van der Waals surface area contributed by atoms with Gasteiger partial charge in [0.15, 0.2) is 0 Å². The van der Waals surface area contributed by atoms with Gasteiger partial charge in [0.25, 0.3) is 0 Å². The van der Waals surface area contributed by atoms with Gasteiger partial charge in [-0.05, 0) is 30.7 Å². The molecule has 2 heterocycles. The van der Waals surface area contributed by atoms with Crippen LogP contribution in [0.5, 0.6) is 0 Å². The second-order valence-electron chi connectivity index (χ2n) is 6.98. The van der Waals surface area contributed by atoms with E-state index in [0.717, 1.165) is 39.3 Å². The highest BCUT2D eigenvalue weighted by Gasteiger charge is 2.34. The predicted molar refractivity (Wildman–Crippen MR) is 90.3 cm³/mol. The fraction of sp³-hybridized carbons (Fsp3) is 0.611. The first-order valence-corrected chi connectivity index (χ1v) is 8.37. The smallest absolute Gasteiger partial charge is 0.228 e. The molecular formula is C18H27N3O. The first-order valence-electron chi connectivity index (χ1n) is 8.37. The van der Waals surface area contributed by atoms with Crippen molar-refractivity contribution < 1.29 is 4.79 Å². The molecular weight excluding hydrogens is 274 g/mol. The Morgan fingerprint density at radius 2 is 1.64 bits per heavy atom. The molecule has 0 bridgehead atoms. The van der Waals surface area contributed by atoms with Gasteiger partial charge in [0, 0.05) is 45.0 Å². The van der Waals surface area contributed by atoms with E-state index in [9.17, 15) is 4.79 Å². The van der Waals surface area contributed by atoms with Gasteiger partial charge in [0.2, 0.25) is 5.91 Å². The summed E-state index contributed by atoms with van der Waals surface area (Å²) in [7, 11) is 2.07. The standard InChI is InChI=1S/C18H27N3O/c1-14(2)15-4-6-17(7-5-15)20-8-10-21(11-9-20)18(22)16-12-19(3)13-16/h4-7,14,16H,8-13H2,1-3H3. The van der Waals surface area contributed by atoms with Gasteiger partial charge in [-0.1, -0.05) is 26.0 Å². The van der Waals surface area contributed by atoms with Crippen molar-refractivity contribution in [2.45, 2.75) is 19.8 Å². The molecule has 2 fully saturated rings. The second kappa shape index (κ2) is 6.29. The van der Waals surface area contributed by atoms with Crippen LogP contribution in [0.3, 0.4) is 0 Å². The highest BCUT2D eigenvalue weighted by molar-refractivity contribution is 5.80. The molecule has 22 heavy (non-hydrogen) atoms. The Morgan fingerprint density at radius 1 is 1.05 bits per heavy atom. The average Bonchev–Trinajstić information content (AvgIpc) is 2.51. The van der Waals surface area contributed by atoms with Gasteiger partial charge in [0.1, 0.15) is 0 Å². The molecule has 0 saturated carbocycles.